The summed E-state index contributed by atoms with van der Waals surface area (Å²) in [5.74, 6) is -1.26. The van der Waals surface area contributed by atoms with Crippen molar-refractivity contribution < 1.29 is 14.7 Å². The molecule has 0 amide bonds. The van der Waals surface area contributed by atoms with E-state index in [-0.39, 0.29) is 11.3 Å². The van der Waals surface area contributed by atoms with Crippen LogP contribution in [-0.2, 0) is 13.0 Å². The molecule has 1 aliphatic rings. The van der Waals surface area contributed by atoms with Crippen molar-refractivity contribution in [2.45, 2.75) is 19.4 Å². The van der Waals surface area contributed by atoms with E-state index >= 15 is 0 Å². The molecule has 0 bridgehead atoms. The van der Waals surface area contributed by atoms with Crippen LogP contribution in [0.25, 0.3) is 0 Å². The van der Waals surface area contributed by atoms with Crippen LogP contribution < -0.4 is 0 Å². The minimum atomic E-state index is -1.04. The lowest BCUT2D eigenvalue weighted by Gasteiger charge is -2.07. The number of carbonyl (C=O) groups is 2. The van der Waals surface area contributed by atoms with Crippen molar-refractivity contribution in [3.63, 3.8) is 0 Å². The summed E-state index contributed by atoms with van der Waals surface area (Å²) in [6.45, 7) is 0.719. The van der Waals surface area contributed by atoms with Gasteiger partial charge in [0.25, 0.3) is 0 Å². The van der Waals surface area contributed by atoms with Gasteiger partial charge in [0.15, 0.2) is 0 Å². The van der Waals surface area contributed by atoms with Gasteiger partial charge < -0.3 is 9.67 Å². The molecule has 0 saturated heterocycles. The average molecular weight is 255 g/mol. The largest absolute Gasteiger partial charge is 0.478 e. The molecule has 2 heterocycles. The summed E-state index contributed by atoms with van der Waals surface area (Å²) in [6.07, 6.45) is 1.80. The second-order valence-electron chi connectivity index (χ2n) is 4.65. The lowest BCUT2D eigenvalue weighted by atomic mass is 10.0. The van der Waals surface area contributed by atoms with Gasteiger partial charge in [0.05, 0.1) is 5.56 Å². The monoisotopic (exact) mass is 255 g/mol. The summed E-state index contributed by atoms with van der Waals surface area (Å²) in [4.78, 5) is 23.8. The minimum absolute atomic E-state index is 0.114. The summed E-state index contributed by atoms with van der Waals surface area (Å²) in [5.41, 5.74) is 1.89. The van der Waals surface area contributed by atoms with Crippen molar-refractivity contribution in [3.05, 3.63) is 58.9 Å². The number of carboxylic acid groups (broad SMARTS) is 1. The zero-order valence-electron chi connectivity index (χ0n) is 10.3. The first-order chi connectivity index (χ1) is 9.18. The number of aromatic nitrogens is 1. The van der Waals surface area contributed by atoms with Crippen LogP contribution in [0.4, 0.5) is 0 Å². The Balaban J connectivity index is 2.14. The van der Waals surface area contributed by atoms with Gasteiger partial charge in [-0.25, -0.2) is 4.79 Å². The summed E-state index contributed by atoms with van der Waals surface area (Å²) in [6, 6.07) is 10.4. The SMILES string of the molecule is O=C(O)c1cc2n(c1C(=O)c1ccccc1)CCC2. The number of benzene rings is 1. The first-order valence-corrected chi connectivity index (χ1v) is 6.24. The molecule has 2 aromatic rings. The average Bonchev–Trinajstić information content (AvgIpc) is 2.98. The predicted octanol–water partition coefficient (Wildman–Crippen LogP) is 2.36. The van der Waals surface area contributed by atoms with Crippen LogP contribution in [-0.4, -0.2) is 21.4 Å². The van der Waals surface area contributed by atoms with Crippen molar-refractivity contribution in [2.75, 3.05) is 0 Å². The molecule has 0 fully saturated rings. The number of rotatable bonds is 3. The van der Waals surface area contributed by atoms with Crippen LogP contribution in [0, 0.1) is 0 Å². The number of nitrogens with zero attached hydrogens (tertiary/aromatic N) is 1. The molecule has 4 nitrogen and oxygen atoms in total. The van der Waals surface area contributed by atoms with Crippen LogP contribution in [0.2, 0.25) is 0 Å². The van der Waals surface area contributed by atoms with E-state index in [0.29, 0.717) is 11.3 Å². The Morgan fingerprint density at radius 1 is 1.16 bits per heavy atom. The first-order valence-electron chi connectivity index (χ1n) is 6.24. The minimum Gasteiger partial charge on any atom is -0.478 e. The third kappa shape index (κ3) is 1.85. The van der Waals surface area contributed by atoms with E-state index < -0.39 is 5.97 Å². The van der Waals surface area contributed by atoms with Gasteiger partial charge in [-0.3, -0.25) is 4.79 Å². The molecule has 0 atom stereocenters. The Morgan fingerprint density at radius 2 is 1.89 bits per heavy atom. The van der Waals surface area contributed by atoms with Gasteiger partial charge in [-0.15, -0.1) is 0 Å². The zero-order valence-corrected chi connectivity index (χ0v) is 10.3. The van der Waals surface area contributed by atoms with Gasteiger partial charge in [0, 0.05) is 17.8 Å². The van der Waals surface area contributed by atoms with E-state index in [1.807, 2.05) is 10.6 Å². The number of fused-ring (bicyclic) bond motifs is 1. The maximum atomic E-state index is 12.5. The molecule has 19 heavy (non-hydrogen) atoms. The highest BCUT2D eigenvalue weighted by molar-refractivity contribution is 6.13. The highest BCUT2D eigenvalue weighted by atomic mass is 16.4. The molecule has 0 unspecified atom stereocenters. The second kappa shape index (κ2) is 4.39. The fourth-order valence-corrected chi connectivity index (χ4v) is 2.62. The third-order valence-electron chi connectivity index (χ3n) is 3.48. The molecule has 0 aliphatic carbocycles. The van der Waals surface area contributed by atoms with Gasteiger partial charge in [0.1, 0.15) is 5.69 Å². The Labute approximate surface area is 110 Å². The molecule has 1 aromatic heterocycles. The Kier molecular flexibility index (Phi) is 2.71. The van der Waals surface area contributed by atoms with Crippen molar-refractivity contribution in [3.8, 4) is 0 Å². The zero-order chi connectivity index (χ0) is 13.4. The lowest BCUT2D eigenvalue weighted by Crippen LogP contribution is -2.13. The molecule has 0 radical (unpaired) electrons. The normalized spacial score (nSPS) is 13.3. The molecule has 0 saturated carbocycles. The van der Waals surface area contributed by atoms with E-state index in [0.717, 1.165) is 25.1 Å². The molecule has 96 valence electrons. The number of ketones is 1. The van der Waals surface area contributed by atoms with Gasteiger partial charge in [0.2, 0.25) is 5.78 Å². The number of aromatic carboxylic acids is 1. The molecule has 0 spiro atoms. The summed E-state index contributed by atoms with van der Waals surface area (Å²) in [5, 5.41) is 9.25. The van der Waals surface area contributed by atoms with E-state index in [1.54, 1.807) is 30.3 Å². The number of carbonyl (C=O) groups excluding carboxylic acids is 1. The second-order valence-corrected chi connectivity index (χ2v) is 4.65. The van der Waals surface area contributed by atoms with E-state index in [4.69, 9.17) is 0 Å². The Morgan fingerprint density at radius 3 is 2.58 bits per heavy atom. The molecule has 1 aliphatic heterocycles. The van der Waals surface area contributed by atoms with Crippen LogP contribution in [0.3, 0.4) is 0 Å². The molecule has 1 N–H and O–H groups in total. The first kappa shape index (κ1) is 11.7. The van der Waals surface area contributed by atoms with Crippen molar-refractivity contribution in [1.82, 2.24) is 4.57 Å². The number of hydrogen-bond acceptors (Lipinski definition) is 2. The van der Waals surface area contributed by atoms with Crippen LogP contribution in [0.15, 0.2) is 36.4 Å². The summed E-state index contributed by atoms with van der Waals surface area (Å²) >= 11 is 0. The molecule has 1 aromatic carbocycles. The third-order valence-corrected chi connectivity index (χ3v) is 3.48. The van der Waals surface area contributed by atoms with E-state index in [9.17, 15) is 14.7 Å². The molecular formula is C15H13NO3. The van der Waals surface area contributed by atoms with Gasteiger partial charge in [-0.2, -0.15) is 0 Å². The van der Waals surface area contributed by atoms with E-state index in [1.165, 1.54) is 0 Å². The maximum absolute atomic E-state index is 12.5. The quantitative estimate of drug-likeness (QED) is 0.856. The van der Waals surface area contributed by atoms with Crippen molar-refractivity contribution >= 4 is 11.8 Å². The van der Waals surface area contributed by atoms with Gasteiger partial charge in [-0.1, -0.05) is 30.3 Å². The van der Waals surface area contributed by atoms with Gasteiger partial charge >= 0.3 is 5.97 Å². The lowest BCUT2D eigenvalue weighted by molar-refractivity contribution is 0.0692. The van der Waals surface area contributed by atoms with E-state index in [2.05, 4.69) is 0 Å². The predicted molar refractivity (Wildman–Crippen MR) is 69.6 cm³/mol. The number of hydrogen-bond donors (Lipinski definition) is 1. The van der Waals surface area contributed by atoms with Crippen molar-refractivity contribution in [1.29, 1.82) is 0 Å². The van der Waals surface area contributed by atoms with Crippen LogP contribution >= 0.6 is 0 Å². The smallest absolute Gasteiger partial charge is 0.338 e. The fourth-order valence-electron chi connectivity index (χ4n) is 2.62. The number of aryl methyl sites for hydroxylation is 1. The Hall–Kier alpha value is -2.36. The molecule has 3 rings (SSSR count). The number of carboxylic acids is 1. The standard InChI is InChI=1S/C15H13NO3/c17-14(10-5-2-1-3-6-10)13-12(15(18)19)9-11-7-4-8-16(11)13/h1-3,5-6,9H,4,7-8H2,(H,18,19). The van der Waals surface area contributed by atoms with Crippen LogP contribution in [0.1, 0.15) is 38.5 Å². The Bertz CT molecular complexity index is 656. The summed E-state index contributed by atoms with van der Waals surface area (Å²) in [7, 11) is 0. The highest BCUT2D eigenvalue weighted by Crippen LogP contribution is 2.25. The highest BCUT2D eigenvalue weighted by Gasteiger charge is 2.27. The molecular weight excluding hydrogens is 242 g/mol. The topological polar surface area (TPSA) is 59.3 Å². The molecule has 4 heteroatoms. The summed E-state index contributed by atoms with van der Waals surface area (Å²) < 4.78 is 1.85. The van der Waals surface area contributed by atoms with Crippen LogP contribution in [0.5, 0.6) is 0 Å². The maximum Gasteiger partial charge on any atom is 0.338 e. The fraction of sp³-hybridized carbons (Fsp3) is 0.200. The van der Waals surface area contributed by atoms with Gasteiger partial charge in [-0.05, 0) is 18.9 Å². The van der Waals surface area contributed by atoms with Crippen molar-refractivity contribution in [2.24, 2.45) is 0 Å².